The smallest absolute Gasteiger partial charge is 0.208 e. The maximum Gasteiger partial charge on any atom is 0.299 e. The molecule has 1 aliphatic rings. The fraction of sp³-hybridized carbons (Fsp3) is 0.0294. The Morgan fingerprint density at radius 3 is 1.41 bits per heavy atom. The van der Waals surface area contributed by atoms with Crippen molar-refractivity contribution in [2.75, 3.05) is 0 Å². The van der Waals surface area contributed by atoms with Crippen molar-refractivity contribution >= 4 is 0 Å². The van der Waals surface area contributed by atoms with Crippen molar-refractivity contribution in [2.24, 2.45) is 0 Å². The predicted molar refractivity (Wildman–Crippen MR) is 150 cm³/mol. The third-order valence-corrected chi connectivity index (χ3v) is 7.09. The Morgan fingerprint density at radius 1 is 0.385 bits per heavy atom. The normalized spacial score (nSPS) is 13.1. The highest BCUT2D eigenvalue weighted by molar-refractivity contribution is 5.82. The van der Waals surface area contributed by atoms with Gasteiger partial charge in [0.2, 0.25) is 0 Å². The highest BCUT2D eigenvalue weighted by Crippen LogP contribution is 2.51. The van der Waals surface area contributed by atoms with E-state index in [1.165, 1.54) is 6.07 Å². The second-order valence-corrected chi connectivity index (χ2v) is 9.50. The highest BCUT2D eigenvalue weighted by Gasteiger charge is 2.44. The van der Waals surface area contributed by atoms with Crippen molar-refractivity contribution < 1.29 is 8.78 Å². The van der Waals surface area contributed by atoms with Crippen molar-refractivity contribution in [3.8, 4) is 56.4 Å². The largest absolute Gasteiger partial charge is 0.299 e. The van der Waals surface area contributed by atoms with Gasteiger partial charge in [0, 0.05) is 27.8 Å². The average Bonchev–Trinajstić information content (AvgIpc) is 3.24. The van der Waals surface area contributed by atoms with Crippen LogP contribution >= 0.6 is 0 Å². The number of fused-ring (bicyclic) bond motifs is 3. The number of halogens is 2. The molecule has 0 N–H and O–H groups in total. The number of nitrogens with zero attached hydrogens (tertiary/aromatic N) is 3. The minimum atomic E-state index is -3.02. The molecular formula is C34H21F2N3. The van der Waals surface area contributed by atoms with Crippen LogP contribution in [0.15, 0.2) is 127 Å². The number of rotatable bonds is 4. The molecule has 5 heteroatoms. The van der Waals surface area contributed by atoms with E-state index in [-0.39, 0.29) is 11.1 Å². The molecule has 1 heterocycles. The lowest BCUT2D eigenvalue weighted by molar-refractivity contribution is 0.0480. The van der Waals surface area contributed by atoms with Crippen molar-refractivity contribution in [2.45, 2.75) is 5.92 Å². The molecule has 1 aliphatic carbocycles. The number of aromatic nitrogens is 3. The molecule has 0 bridgehead atoms. The van der Waals surface area contributed by atoms with E-state index >= 15 is 8.78 Å². The molecule has 3 nitrogen and oxygen atoms in total. The topological polar surface area (TPSA) is 38.7 Å². The molecule has 5 aromatic carbocycles. The van der Waals surface area contributed by atoms with Crippen molar-refractivity contribution in [1.82, 2.24) is 15.0 Å². The van der Waals surface area contributed by atoms with Gasteiger partial charge >= 0.3 is 0 Å². The van der Waals surface area contributed by atoms with Crippen LogP contribution < -0.4 is 0 Å². The van der Waals surface area contributed by atoms with Crippen LogP contribution in [0.1, 0.15) is 11.1 Å². The van der Waals surface area contributed by atoms with Gasteiger partial charge in [-0.25, -0.2) is 15.0 Å². The summed E-state index contributed by atoms with van der Waals surface area (Å²) in [6, 6.07) is 39.3. The van der Waals surface area contributed by atoms with Gasteiger partial charge in [0.1, 0.15) is 0 Å². The Morgan fingerprint density at radius 2 is 0.821 bits per heavy atom. The first-order chi connectivity index (χ1) is 19.1. The maximum absolute atomic E-state index is 15.2. The number of benzene rings is 5. The van der Waals surface area contributed by atoms with Gasteiger partial charge in [-0.15, -0.1) is 0 Å². The van der Waals surface area contributed by atoms with Crippen LogP contribution in [0.4, 0.5) is 8.78 Å². The first kappa shape index (κ1) is 23.1. The molecule has 0 aliphatic heterocycles. The molecule has 1 aromatic heterocycles. The first-order valence-corrected chi connectivity index (χ1v) is 12.7. The van der Waals surface area contributed by atoms with Gasteiger partial charge < -0.3 is 0 Å². The summed E-state index contributed by atoms with van der Waals surface area (Å²) in [6.45, 7) is 0. The van der Waals surface area contributed by atoms with Gasteiger partial charge in [0.25, 0.3) is 5.92 Å². The molecule has 7 rings (SSSR count). The van der Waals surface area contributed by atoms with Crippen LogP contribution in [0.5, 0.6) is 0 Å². The van der Waals surface area contributed by atoms with Crippen LogP contribution in [-0.2, 0) is 5.92 Å². The zero-order chi connectivity index (χ0) is 26.4. The quantitative estimate of drug-likeness (QED) is 0.239. The first-order valence-electron chi connectivity index (χ1n) is 12.7. The molecule has 0 saturated carbocycles. The van der Waals surface area contributed by atoms with Gasteiger partial charge in [-0.2, -0.15) is 8.78 Å². The molecule has 0 atom stereocenters. The van der Waals surface area contributed by atoms with Crippen LogP contribution in [0, 0.1) is 0 Å². The molecule has 0 spiro atoms. The van der Waals surface area contributed by atoms with Crippen molar-refractivity contribution in [3.63, 3.8) is 0 Å². The van der Waals surface area contributed by atoms with E-state index in [1.54, 1.807) is 30.3 Å². The van der Waals surface area contributed by atoms with E-state index < -0.39 is 5.92 Å². The van der Waals surface area contributed by atoms with E-state index in [2.05, 4.69) is 0 Å². The summed E-state index contributed by atoms with van der Waals surface area (Å²) in [7, 11) is 0. The van der Waals surface area contributed by atoms with Gasteiger partial charge in [-0.05, 0) is 28.3 Å². The lowest BCUT2D eigenvalue weighted by Gasteiger charge is -2.13. The number of alkyl halides is 2. The summed E-state index contributed by atoms with van der Waals surface area (Å²) in [5, 5.41) is 0. The molecule has 0 fully saturated rings. The monoisotopic (exact) mass is 509 g/mol. The number of hydrogen-bond acceptors (Lipinski definition) is 3. The van der Waals surface area contributed by atoms with Crippen LogP contribution in [0.2, 0.25) is 0 Å². The third-order valence-electron chi connectivity index (χ3n) is 7.09. The highest BCUT2D eigenvalue weighted by atomic mass is 19.3. The third kappa shape index (κ3) is 3.99. The Balaban J connectivity index is 1.28. The fourth-order valence-corrected chi connectivity index (χ4v) is 5.10. The Hall–Kier alpha value is -5.03. The molecule has 6 aromatic rings. The van der Waals surface area contributed by atoms with Gasteiger partial charge in [0.15, 0.2) is 17.5 Å². The van der Waals surface area contributed by atoms with Gasteiger partial charge in [0.05, 0.1) is 0 Å². The van der Waals surface area contributed by atoms with E-state index in [1.807, 2.05) is 91.0 Å². The molecule has 0 radical (unpaired) electrons. The zero-order valence-corrected chi connectivity index (χ0v) is 20.7. The summed E-state index contributed by atoms with van der Waals surface area (Å²) in [5.74, 6) is -1.30. The van der Waals surface area contributed by atoms with Crippen LogP contribution in [0.25, 0.3) is 56.4 Å². The predicted octanol–water partition coefficient (Wildman–Crippen LogP) is 8.66. The SMILES string of the molecule is FC1(F)c2ccccc2-c2ccc(-c3ccc(-c4nc(-c5ccccc5)nc(-c5ccccc5)n4)cc3)cc21. The standard InChI is InChI=1S/C34H21F2N3/c35-34(36)29-14-8-7-13-27(29)28-20-19-26(21-30(28)34)22-15-17-25(18-16-22)33-38-31(23-9-3-1-4-10-23)37-32(39-33)24-11-5-2-6-12-24/h1-21H. The Bertz CT molecular complexity index is 1760. The summed E-state index contributed by atoms with van der Waals surface area (Å²) >= 11 is 0. The summed E-state index contributed by atoms with van der Waals surface area (Å²) in [6.07, 6.45) is 0. The average molecular weight is 510 g/mol. The fourth-order valence-electron chi connectivity index (χ4n) is 5.10. The second kappa shape index (κ2) is 9.07. The molecule has 0 amide bonds. The van der Waals surface area contributed by atoms with E-state index in [0.29, 0.717) is 28.6 Å². The minimum absolute atomic E-state index is 0.0442. The summed E-state index contributed by atoms with van der Waals surface area (Å²) in [4.78, 5) is 14.3. The zero-order valence-electron chi connectivity index (χ0n) is 20.7. The molecular weight excluding hydrogens is 488 g/mol. The Kier molecular flexibility index (Phi) is 5.37. The maximum atomic E-state index is 15.2. The van der Waals surface area contributed by atoms with E-state index in [4.69, 9.17) is 15.0 Å². The molecule has 39 heavy (non-hydrogen) atoms. The molecule has 0 saturated heterocycles. The molecule has 186 valence electrons. The lowest BCUT2D eigenvalue weighted by Crippen LogP contribution is -2.10. The van der Waals surface area contributed by atoms with E-state index in [0.717, 1.165) is 27.8 Å². The minimum Gasteiger partial charge on any atom is -0.208 e. The molecule has 0 unspecified atom stereocenters. The van der Waals surface area contributed by atoms with Gasteiger partial charge in [-0.3, -0.25) is 0 Å². The second-order valence-electron chi connectivity index (χ2n) is 9.50. The van der Waals surface area contributed by atoms with Crippen molar-refractivity contribution in [1.29, 1.82) is 0 Å². The van der Waals surface area contributed by atoms with Crippen molar-refractivity contribution in [3.05, 3.63) is 139 Å². The van der Waals surface area contributed by atoms with Crippen LogP contribution in [0.3, 0.4) is 0 Å². The summed E-state index contributed by atoms with van der Waals surface area (Å²) in [5.41, 5.74) is 5.47. The van der Waals surface area contributed by atoms with Gasteiger partial charge in [-0.1, -0.05) is 121 Å². The Labute approximate surface area is 224 Å². The van der Waals surface area contributed by atoms with E-state index in [9.17, 15) is 0 Å². The summed E-state index contributed by atoms with van der Waals surface area (Å²) < 4.78 is 30.5. The lowest BCUT2D eigenvalue weighted by atomic mass is 9.97. The number of hydrogen-bond donors (Lipinski definition) is 0. The van der Waals surface area contributed by atoms with Crippen LogP contribution in [-0.4, -0.2) is 15.0 Å².